The second-order valence-electron chi connectivity index (χ2n) is 6.29. The molecule has 0 saturated carbocycles. The molecule has 2 aromatic heterocycles. The summed E-state index contributed by atoms with van der Waals surface area (Å²) < 4.78 is 2.29. The van der Waals surface area contributed by atoms with Crippen LogP contribution in [-0.4, -0.2) is 35.9 Å². The monoisotopic (exact) mass is 414 g/mol. The Morgan fingerprint density at radius 3 is 2.52 bits per heavy atom. The minimum atomic E-state index is -0.672. The molecule has 2 heterocycles. The maximum absolute atomic E-state index is 12.8. The number of hydrogen-bond acceptors (Lipinski definition) is 7. The van der Waals surface area contributed by atoms with Crippen LogP contribution in [0.3, 0.4) is 0 Å². The van der Waals surface area contributed by atoms with Crippen molar-refractivity contribution in [1.29, 1.82) is 0 Å². The lowest BCUT2D eigenvalue weighted by atomic mass is 10.2. The van der Waals surface area contributed by atoms with Crippen molar-refractivity contribution in [3.63, 3.8) is 0 Å². The number of anilines is 1. The number of thioether (sulfide) groups is 1. The summed E-state index contributed by atoms with van der Waals surface area (Å²) in [4.78, 5) is 42.6. The molecule has 0 unspecified atom stereocenters. The third kappa shape index (κ3) is 4.32. The number of nitrogens with two attached hydrogens (primary N) is 1. The number of Topliss-reactive ketones (excluding diaryl/α,β-unsaturated/α-hetero) is 1. The van der Waals surface area contributed by atoms with Gasteiger partial charge in [-0.05, 0) is 12.5 Å². The van der Waals surface area contributed by atoms with E-state index in [9.17, 15) is 14.4 Å². The molecule has 0 radical (unpaired) electrons. The molecule has 3 rings (SSSR count). The minimum absolute atomic E-state index is 0.0618. The number of hydrogen-bond donors (Lipinski definition) is 2. The zero-order valence-corrected chi connectivity index (χ0v) is 17.0. The SMILES string of the molecule is CCc1nc(SCC(=O)c2c(N)n(Cc3ccccc3)c(=O)n(CC)c2=O)n[nH]1. The fourth-order valence-corrected chi connectivity index (χ4v) is 3.57. The maximum Gasteiger partial charge on any atom is 0.332 e. The van der Waals surface area contributed by atoms with Gasteiger partial charge in [-0.1, -0.05) is 49.0 Å². The zero-order valence-electron chi connectivity index (χ0n) is 16.2. The second kappa shape index (κ2) is 8.91. The molecule has 0 aliphatic rings. The summed E-state index contributed by atoms with van der Waals surface area (Å²) in [6.45, 7) is 3.92. The lowest BCUT2D eigenvalue weighted by Gasteiger charge is -2.15. The number of nitrogens with one attached hydrogen (secondary N) is 1. The Hall–Kier alpha value is -3.14. The van der Waals surface area contributed by atoms with Crippen molar-refractivity contribution in [1.82, 2.24) is 24.3 Å². The van der Waals surface area contributed by atoms with Crippen LogP contribution in [0.25, 0.3) is 0 Å². The van der Waals surface area contributed by atoms with Crippen molar-refractivity contribution in [2.45, 2.75) is 38.5 Å². The van der Waals surface area contributed by atoms with E-state index in [0.29, 0.717) is 17.4 Å². The third-order valence-electron chi connectivity index (χ3n) is 4.42. The van der Waals surface area contributed by atoms with Crippen LogP contribution in [0.1, 0.15) is 35.6 Å². The summed E-state index contributed by atoms with van der Waals surface area (Å²) in [6.07, 6.45) is 0.695. The van der Waals surface area contributed by atoms with E-state index in [4.69, 9.17) is 5.73 Å². The first-order chi connectivity index (χ1) is 14.0. The molecule has 0 saturated heterocycles. The summed E-state index contributed by atoms with van der Waals surface area (Å²) in [5.41, 5.74) is 5.58. The van der Waals surface area contributed by atoms with Crippen LogP contribution in [0, 0.1) is 0 Å². The van der Waals surface area contributed by atoms with E-state index < -0.39 is 17.0 Å². The average molecular weight is 414 g/mol. The Morgan fingerprint density at radius 1 is 1.17 bits per heavy atom. The Labute approximate surface area is 171 Å². The summed E-state index contributed by atoms with van der Waals surface area (Å²) >= 11 is 1.11. The molecular formula is C19H22N6O3S. The van der Waals surface area contributed by atoms with E-state index in [2.05, 4.69) is 15.2 Å². The predicted octanol–water partition coefficient (Wildman–Crippen LogP) is 1.32. The van der Waals surface area contributed by atoms with Gasteiger partial charge in [0.2, 0.25) is 5.16 Å². The van der Waals surface area contributed by atoms with E-state index in [1.54, 1.807) is 6.92 Å². The standard InChI is InChI=1S/C19H22N6O3S/c1-3-14-21-18(23-22-14)29-11-13(26)15-16(20)25(10-12-8-6-5-7-9-12)19(28)24(4-2)17(15)27/h5-9H,3-4,10-11,20H2,1-2H3,(H,21,22,23). The van der Waals surface area contributed by atoms with Gasteiger partial charge < -0.3 is 5.73 Å². The number of benzene rings is 1. The van der Waals surface area contributed by atoms with Gasteiger partial charge in [0, 0.05) is 13.0 Å². The number of carbonyl (C=O) groups excluding carboxylic acids is 1. The molecule has 152 valence electrons. The molecule has 0 atom stereocenters. The number of nitrogens with zero attached hydrogens (tertiary/aromatic N) is 4. The number of rotatable bonds is 8. The molecule has 3 N–H and O–H groups in total. The number of carbonyl (C=O) groups is 1. The first kappa shape index (κ1) is 20.6. The van der Waals surface area contributed by atoms with Gasteiger partial charge >= 0.3 is 5.69 Å². The maximum atomic E-state index is 12.8. The van der Waals surface area contributed by atoms with Crippen LogP contribution in [-0.2, 0) is 19.5 Å². The zero-order chi connectivity index (χ0) is 21.0. The van der Waals surface area contributed by atoms with Crippen LogP contribution >= 0.6 is 11.8 Å². The molecule has 0 aliphatic heterocycles. The van der Waals surface area contributed by atoms with E-state index in [0.717, 1.165) is 21.9 Å². The highest BCUT2D eigenvalue weighted by atomic mass is 32.2. The Bertz CT molecular complexity index is 1130. The number of nitrogen functional groups attached to an aromatic ring is 1. The van der Waals surface area contributed by atoms with E-state index in [1.165, 1.54) is 4.57 Å². The van der Waals surface area contributed by atoms with Crippen LogP contribution in [0.15, 0.2) is 45.1 Å². The van der Waals surface area contributed by atoms with Crippen LogP contribution in [0.5, 0.6) is 0 Å². The smallest absolute Gasteiger partial charge is 0.332 e. The van der Waals surface area contributed by atoms with E-state index in [-0.39, 0.29) is 30.2 Å². The van der Waals surface area contributed by atoms with Gasteiger partial charge in [-0.3, -0.25) is 23.8 Å². The lowest BCUT2D eigenvalue weighted by molar-refractivity contribution is 0.102. The number of aromatic nitrogens is 5. The normalized spacial score (nSPS) is 11.0. The van der Waals surface area contributed by atoms with Crippen molar-refractivity contribution in [3.8, 4) is 0 Å². The van der Waals surface area contributed by atoms with Gasteiger partial charge in [-0.15, -0.1) is 5.10 Å². The summed E-state index contributed by atoms with van der Waals surface area (Å²) in [5.74, 6) is 0.0604. The molecule has 0 spiro atoms. The van der Waals surface area contributed by atoms with Gasteiger partial charge in [0.25, 0.3) is 5.56 Å². The number of aryl methyl sites for hydroxylation is 1. The molecule has 9 nitrogen and oxygen atoms in total. The third-order valence-corrected chi connectivity index (χ3v) is 5.27. The highest BCUT2D eigenvalue weighted by Crippen LogP contribution is 2.16. The molecule has 0 amide bonds. The molecule has 0 aliphatic carbocycles. The molecule has 3 aromatic rings. The molecule has 29 heavy (non-hydrogen) atoms. The van der Waals surface area contributed by atoms with Gasteiger partial charge in [0.1, 0.15) is 17.2 Å². The van der Waals surface area contributed by atoms with E-state index >= 15 is 0 Å². The van der Waals surface area contributed by atoms with Crippen molar-refractivity contribution < 1.29 is 4.79 Å². The van der Waals surface area contributed by atoms with Gasteiger partial charge in [0.05, 0.1) is 12.3 Å². The first-order valence-electron chi connectivity index (χ1n) is 9.20. The van der Waals surface area contributed by atoms with Gasteiger partial charge in [0.15, 0.2) is 5.78 Å². The van der Waals surface area contributed by atoms with Crippen molar-refractivity contribution in [2.75, 3.05) is 11.5 Å². The first-order valence-corrected chi connectivity index (χ1v) is 10.2. The Morgan fingerprint density at radius 2 is 1.90 bits per heavy atom. The largest absolute Gasteiger partial charge is 0.384 e. The Balaban J connectivity index is 1.96. The topological polar surface area (TPSA) is 129 Å². The van der Waals surface area contributed by atoms with Gasteiger partial charge in [-0.2, -0.15) is 0 Å². The van der Waals surface area contributed by atoms with Crippen LogP contribution in [0.2, 0.25) is 0 Å². The lowest BCUT2D eigenvalue weighted by Crippen LogP contribution is -2.44. The number of aromatic amines is 1. The highest BCUT2D eigenvalue weighted by molar-refractivity contribution is 7.99. The molecule has 0 fully saturated rings. The predicted molar refractivity (Wildman–Crippen MR) is 111 cm³/mol. The number of ketones is 1. The molecule has 10 heteroatoms. The minimum Gasteiger partial charge on any atom is -0.384 e. The molecule has 0 bridgehead atoms. The van der Waals surface area contributed by atoms with Crippen molar-refractivity contribution in [3.05, 3.63) is 68.1 Å². The number of H-pyrrole nitrogens is 1. The second-order valence-corrected chi connectivity index (χ2v) is 7.24. The van der Waals surface area contributed by atoms with E-state index in [1.807, 2.05) is 37.3 Å². The Kier molecular flexibility index (Phi) is 6.32. The van der Waals surface area contributed by atoms with Crippen molar-refractivity contribution >= 4 is 23.4 Å². The van der Waals surface area contributed by atoms with Crippen molar-refractivity contribution in [2.24, 2.45) is 0 Å². The summed E-state index contributed by atoms with van der Waals surface area (Å²) in [5, 5.41) is 7.22. The fourth-order valence-electron chi connectivity index (χ4n) is 2.88. The quantitative estimate of drug-likeness (QED) is 0.420. The highest BCUT2D eigenvalue weighted by Gasteiger charge is 2.23. The fraction of sp³-hybridized carbons (Fsp3) is 0.316. The molecule has 1 aromatic carbocycles. The summed E-state index contributed by atoms with van der Waals surface area (Å²) in [7, 11) is 0. The van der Waals surface area contributed by atoms with Gasteiger partial charge in [-0.25, -0.2) is 9.78 Å². The average Bonchev–Trinajstić information content (AvgIpc) is 3.19. The van der Waals surface area contributed by atoms with Crippen LogP contribution in [0.4, 0.5) is 5.82 Å². The molecular weight excluding hydrogens is 392 g/mol. The van der Waals surface area contributed by atoms with Crippen LogP contribution < -0.4 is 17.0 Å². The summed E-state index contributed by atoms with van der Waals surface area (Å²) in [6, 6.07) is 9.24.